The predicted octanol–water partition coefficient (Wildman–Crippen LogP) is 0.194. The topological polar surface area (TPSA) is 113 Å². The minimum absolute atomic E-state index is 0.00510. The van der Waals surface area contributed by atoms with Gasteiger partial charge >= 0.3 is 5.97 Å². The van der Waals surface area contributed by atoms with Crippen molar-refractivity contribution in [3.05, 3.63) is 0 Å². The first-order chi connectivity index (χ1) is 11.5. The Kier molecular flexibility index (Phi) is 8.15. The molecule has 138 valence electrons. The van der Waals surface area contributed by atoms with Crippen molar-refractivity contribution in [3.8, 4) is 0 Å². The van der Waals surface area contributed by atoms with E-state index in [0.717, 1.165) is 25.9 Å². The lowest BCUT2D eigenvalue weighted by atomic mass is 10.0. The van der Waals surface area contributed by atoms with Gasteiger partial charge in [-0.2, -0.15) is 0 Å². The Morgan fingerprint density at radius 3 is 2.08 bits per heavy atom. The van der Waals surface area contributed by atoms with E-state index in [1.54, 1.807) is 0 Å². The summed E-state index contributed by atoms with van der Waals surface area (Å²) in [6.07, 6.45) is 4.66. The van der Waals surface area contributed by atoms with E-state index in [4.69, 9.17) is 16.6 Å². The highest BCUT2D eigenvalue weighted by Gasteiger charge is 2.30. The molecule has 0 aromatic heterocycles. The molecule has 7 nitrogen and oxygen atoms in total. The zero-order valence-corrected chi connectivity index (χ0v) is 15.6. The van der Waals surface area contributed by atoms with Crippen LogP contribution in [-0.2, 0) is 9.59 Å². The Hall–Kier alpha value is -0.480. The maximum absolute atomic E-state index is 12.4. The first kappa shape index (κ1) is 19.8. The summed E-state index contributed by atoms with van der Waals surface area (Å²) in [5.41, 5.74) is 11.4. The molecule has 0 unspecified atom stereocenters. The fraction of sp³-hybridized carbons (Fsp3) is 0.867. The number of likely N-dealkylation sites (tertiary alicyclic amines) is 2. The number of hydrogen-bond donors (Lipinski definition) is 3. The summed E-state index contributed by atoms with van der Waals surface area (Å²) in [6.45, 7) is 3.97. The van der Waals surface area contributed by atoms with Gasteiger partial charge in [0.2, 0.25) is 5.91 Å². The lowest BCUT2D eigenvalue weighted by molar-refractivity contribution is -0.138. The zero-order chi connectivity index (χ0) is 17.5. The third kappa shape index (κ3) is 5.80. The molecule has 2 aliphatic rings. The van der Waals surface area contributed by atoms with Crippen LogP contribution in [0.3, 0.4) is 0 Å². The molecular formula is C15H28N4O3S2. The van der Waals surface area contributed by atoms with E-state index >= 15 is 0 Å². The molecule has 0 aliphatic carbocycles. The molecule has 2 saturated heterocycles. The number of carbonyl (C=O) groups excluding carboxylic acids is 1. The van der Waals surface area contributed by atoms with Crippen LogP contribution >= 0.6 is 21.6 Å². The summed E-state index contributed by atoms with van der Waals surface area (Å²) in [5, 5.41) is 8.71. The van der Waals surface area contributed by atoms with E-state index < -0.39 is 18.1 Å². The van der Waals surface area contributed by atoms with E-state index in [1.807, 2.05) is 4.90 Å². The average molecular weight is 377 g/mol. The monoisotopic (exact) mass is 376 g/mol. The summed E-state index contributed by atoms with van der Waals surface area (Å²) >= 11 is 0. The molecule has 2 heterocycles. The van der Waals surface area contributed by atoms with Crippen LogP contribution in [0.2, 0.25) is 0 Å². The number of carboxylic acids is 1. The fourth-order valence-corrected chi connectivity index (χ4v) is 5.41. The summed E-state index contributed by atoms with van der Waals surface area (Å²) in [5.74, 6) is -0.223. The summed E-state index contributed by atoms with van der Waals surface area (Å²) < 4.78 is 0. The van der Waals surface area contributed by atoms with Gasteiger partial charge in [-0.05, 0) is 38.8 Å². The molecule has 1 amide bonds. The number of piperidine rings is 1. The van der Waals surface area contributed by atoms with Gasteiger partial charge in [-0.3, -0.25) is 9.59 Å². The highest BCUT2D eigenvalue weighted by atomic mass is 33.1. The third-order valence-electron chi connectivity index (χ3n) is 4.65. The summed E-state index contributed by atoms with van der Waals surface area (Å²) in [6, 6.07) is -0.791. The zero-order valence-electron chi connectivity index (χ0n) is 13.9. The summed E-state index contributed by atoms with van der Waals surface area (Å²) in [7, 11) is 2.77. The molecule has 0 radical (unpaired) electrons. The van der Waals surface area contributed by atoms with Gasteiger partial charge in [0.15, 0.2) is 0 Å². The minimum Gasteiger partial charge on any atom is -0.480 e. The van der Waals surface area contributed by atoms with E-state index in [2.05, 4.69) is 4.90 Å². The Labute approximate surface area is 151 Å². The number of aliphatic carboxylic acids is 1. The van der Waals surface area contributed by atoms with Crippen molar-refractivity contribution < 1.29 is 14.7 Å². The number of amides is 1. The van der Waals surface area contributed by atoms with Crippen LogP contribution in [0.4, 0.5) is 0 Å². The highest BCUT2D eigenvalue weighted by Crippen LogP contribution is 2.24. The highest BCUT2D eigenvalue weighted by molar-refractivity contribution is 8.76. The van der Waals surface area contributed by atoms with E-state index in [0.29, 0.717) is 17.5 Å². The standard InChI is InChI=1S/C15H28N4O3S2/c16-12(9-23-24-10-13(17)15(21)22)14(20)19-7-3-11(4-8-19)18-5-1-2-6-18/h11-13H,1-10,16-17H2,(H,21,22)/t12-,13-/m0/s1. The Bertz CT molecular complexity index is 427. The maximum Gasteiger partial charge on any atom is 0.321 e. The molecule has 9 heteroatoms. The first-order valence-electron chi connectivity index (χ1n) is 8.50. The second-order valence-corrected chi connectivity index (χ2v) is 8.97. The van der Waals surface area contributed by atoms with Crippen LogP contribution < -0.4 is 11.5 Å². The number of hydrogen-bond acceptors (Lipinski definition) is 7. The molecular weight excluding hydrogens is 348 g/mol. The molecule has 0 aromatic rings. The molecule has 5 N–H and O–H groups in total. The van der Waals surface area contributed by atoms with Crippen LogP contribution in [0.1, 0.15) is 25.7 Å². The van der Waals surface area contributed by atoms with Crippen molar-refractivity contribution in [3.63, 3.8) is 0 Å². The van der Waals surface area contributed by atoms with Gasteiger partial charge in [0, 0.05) is 30.6 Å². The molecule has 0 saturated carbocycles. The normalized spacial score (nSPS) is 22.5. The van der Waals surface area contributed by atoms with Crippen LogP contribution in [0.15, 0.2) is 0 Å². The van der Waals surface area contributed by atoms with Crippen molar-refractivity contribution in [2.75, 3.05) is 37.7 Å². The van der Waals surface area contributed by atoms with Crippen molar-refractivity contribution >= 4 is 33.5 Å². The Balaban J connectivity index is 1.63. The van der Waals surface area contributed by atoms with Gasteiger partial charge in [0.05, 0.1) is 6.04 Å². The number of carbonyl (C=O) groups is 2. The Morgan fingerprint density at radius 2 is 1.54 bits per heavy atom. The maximum atomic E-state index is 12.4. The SMILES string of the molecule is N[C@@H](CSSC[C@H](N)C(=O)N1CCC(N2CCCC2)CC1)C(=O)O. The van der Waals surface area contributed by atoms with Crippen molar-refractivity contribution in [1.82, 2.24) is 9.80 Å². The van der Waals surface area contributed by atoms with Crippen LogP contribution in [0, 0.1) is 0 Å². The molecule has 0 aromatic carbocycles. The van der Waals surface area contributed by atoms with Crippen molar-refractivity contribution in [2.45, 2.75) is 43.8 Å². The lowest BCUT2D eigenvalue weighted by Gasteiger charge is -2.37. The number of nitrogens with zero attached hydrogens (tertiary/aromatic N) is 2. The molecule has 0 bridgehead atoms. The van der Waals surface area contributed by atoms with Gasteiger partial charge in [0.1, 0.15) is 6.04 Å². The average Bonchev–Trinajstić information content (AvgIpc) is 3.12. The fourth-order valence-electron chi connectivity index (χ4n) is 3.18. The van der Waals surface area contributed by atoms with Crippen molar-refractivity contribution in [1.29, 1.82) is 0 Å². The van der Waals surface area contributed by atoms with E-state index in [-0.39, 0.29) is 5.91 Å². The van der Waals surface area contributed by atoms with Gasteiger partial charge < -0.3 is 26.4 Å². The van der Waals surface area contributed by atoms with Crippen LogP contribution in [0.25, 0.3) is 0 Å². The predicted molar refractivity (Wildman–Crippen MR) is 98.9 cm³/mol. The largest absolute Gasteiger partial charge is 0.480 e. The van der Waals surface area contributed by atoms with Gasteiger partial charge in [-0.15, -0.1) is 0 Å². The number of carboxylic acid groups (broad SMARTS) is 1. The minimum atomic E-state index is -1.01. The second-order valence-electron chi connectivity index (χ2n) is 6.42. The third-order valence-corrected chi connectivity index (χ3v) is 7.12. The smallest absolute Gasteiger partial charge is 0.321 e. The van der Waals surface area contributed by atoms with Crippen molar-refractivity contribution in [2.24, 2.45) is 11.5 Å². The lowest BCUT2D eigenvalue weighted by Crippen LogP contribution is -2.51. The van der Waals surface area contributed by atoms with E-state index in [1.165, 1.54) is 47.5 Å². The molecule has 0 spiro atoms. The number of rotatable bonds is 8. The first-order valence-corrected chi connectivity index (χ1v) is 11.0. The molecule has 2 rings (SSSR count). The molecule has 24 heavy (non-hydrogen) atoms. The van der Waals surface area contributed by atoms with Crippen LogP contribution in [0.5, 0.6) is 0 Å². The van der Waals surface area contributed by atoms with Gasteiger partial charge in [-0.1, -0.05) is 21.6 Å². The van der Waals surface area contributed by atoms with Gasteiger partial charge in [0.25, 0.3) is 0 Å². The second kappa shape index (κ2) is 9.86. The van der Waals surface area contributed by atoms with Crippen LogP contribution in [-0.4, -0.2) is 82.6 Å². The Morgan fingerprint density at radius 1 is 1.00 bits per heavy atom. The quantitative estimate of drug-likeness (QED) is 0.407. The number of nitrogens with two attached hydrogens (primary N) is 2. The molecule has 2 fully saturated rings. The molecule has 2 aliphatic heterocycles. The summed E-state index contributed by atoms with van der Waals surface area (Å²) in [4.78, 5) is 27.5. The molecule has 2 atom stereocenters. The van der Waals surface area contributed by atoms with E-state index in [9.17, 15) is 9.59 Å². The van der Waals surface area contributed by atoms with Gasteiger partial charge in [-0.25, -0.2) is 0 Å².